The van der Waals surface area contributed by atoms with Crippen LogP contribution in [0.1, 0.15) is 30.1 Å². The average molecular weight is 274 g/mol. The van der Waals surface area contributed by atoms with Gasteiger partial charge in [-0.1, -0.05) is 0 Å². The molecule has 1 aromatic rings. The molecular weight excluding hydrogens is 256 g/mol. The zero-order chi connectivity index (χ0) is 14.1. The number of fused-ring (bicyclic) bond motifs is 1. The minimum Gasteiger partial charge on any atom is -0.482 e. The zero-order valence-corrected chi connectivity index (χ0v) is 11.5. The standard InChI is InChI=1S/C15H18N2O3/c1-2-17-12-8-10(15(19)11-4-3-7-16-11)5-6-13(12)20-9-14(17)18/h5-6,8,11,16H,2-4,7,9H2,1H3. The minimum atomic E-state index is -0.0941. The molecule has 2 heterocycles. The molecule has 0 aliphatic carbocycles. The molecule has 0 saturated carbocycles. The topological polar surface area (TPSA) is 58.6 Å². The van der Waals surface area contributed by atoms with Crippen LogP contribution in [0.5, 0.6) is 5.75 Å². The number of hydrogen-bond donors (Lipinski definition) is 1. The predicted octanol–water partition coefficient (Wildman–Crippen LogP) is 1.37. The van der Waals surface area contributed by atoms with Crippen LogP contribution in [0.2, 0.25) is 0 Å². The van der Waals surface area contributed by atoms with E-state index in [0.717, 1.165) is 19.4 Å². The molecule has 106 valence electrons. The van der Waals surface area contributed by atoms with Crippen molar-refractivity contribution in [2.75, 3.05) is 24.6 Å². The van der Waals surface area contributed by atoms with Crippen LogP contribution in [-0.4, -0.2) is 37.4 Å². The summed E-state index contributed by atoms with van der Waals surface area (Å²) in [6.07, 6.45) is 1.91. The van der Waals surface area contributed by atoms with Crippen molar-refractivity contribution in [2.24, 2.45) is 0 Å². The van der Waals surface area contributed by atoms with E-state index >= 15 is 0 Å². The Morgan fingerprint density at radius 3 is 3.05 bits per heavy atom. The predicted molar refractivity (Wildman–Crippen MR) is 75.3 cm³/mol. The van der Waals surface area contributed by atoms with E-state index in [9.17, 15) is 9.59 Å². The highest BCUT2D eigenvalue weighted by Crippen LogP contribution is 2.33. The zero-order valence-electron chi connectivity index (χ0n) is 11.5. The number of nitrogens with zero attached hydrogens (tertiary/aromatic N) is 1. The van der Waals surface area contributed by atoms with Gasteiger partial charge in [-0.3, -0.25) is 9.59 Å². The van der Waals surface area contributed by atoms with Crippen LogP contribution in [0.25, 0.3) is 0 Å². The van der Waals surface area contributed by atoms with Gasteiger partial charge in [-0.05, 0) is 44.5 Å². The van der Waals surface area contributed by atoms with Gasteiger partial charge in [0.15, 0.2) is 12.4 Å². The van der Waals surface area contributed by atoms with Crippen molar-refractivity contribution in [3.05, 3.63) is 23.8 Å². The fourth-order valence-corrected chi connectivity index (χ4v) is 2.81. The summed E-state index contributed by atoms with van der Waals surface area (Å²) in [5, 5.41) is 3.21. The van der Waals surface area contributed by atoms with Crippen LogP contribution in [0.15, 0.2) is 18.2 Å². The van der Waals surface area contributed by atoms with Gasteiger partial charge in [0.05, 0.1) is 11.7 Å². The van der Waals surface area contributed by atoms with Crippen LogP contribution < -0.4 is 15.0 Å². The number of benzene rings is 1. The highest BCUT2D eigenvalue weighted by molar-refractivity contribution is 6.04. The molecule has 1 unspecified atom stereocenters. The largest absolute Gasteiger partial charge is 0.482 e. The van der Waals surface area contributed by atoms with Crippen LogP contribution in [0, 0.1) is 0 Å². The van der Waals surface area contributed by atoms with Crippen LogP contribution >= 0.6 is 0 Å². The van der Waals surface area contributed by atoms with Gasteiger partial charge in [0.25, 0.3) is 5.91 Å². The third kappa shape index (κ3) is 2.18. The molecule has 3 rings (SSSR count). The van der Waals surface area contributed by atoms with Crippen molar-refractivity contribution < 1.29 is 14.3 Å². The summed E-state index contributed by atoms with van der Waals surface area (Å²) < 4.78 is 5.41. The van der Waals surface area contributed by atoms with Gasteiger partial charge in [0.2, 0.25) is 0 Å². The molecule has 1 amide bonds. The van der Waals surface area contributed by atoms with Gasteiger partial charge in [0, 0.05) is 12.1 Å². The summed E-state index contributed by atoms with van der Waals surface area (Å²) >= 11 is 0. The Kier molecular flexibility index (Phi) is 3.44. The minimum absolute atomic E-state index is 0.0661. The lowest BCUT2D eigenvalue weighted by Gasteiger charge is -2.28. The maximum Gasteiger partial charge on any atom is 0.265 e. The molecule has 1 aromatic carbocycles. The van der Waals surface area contributed by atoms with Gasteiger partial charge in [-0.2, -0.15) is 0 Å². The summed E-state index contributed by atoms with van der Waals surface area (Å²) in [5.74, 6) is 0.699. The molecule has 1 saturated heterocycles. The molecule has 5 heteroatoms. The second kappa shape index (κ2) is 5.25. The molecule has 2 aliphatic rings. The number of ketones is 1. The third-order valence-corrected chi connectivity index (χ3v) is 3.88. The molecule has 0 spiro atoms. The maximum absolute atomic E-state index is 12.4. The van der Waals surface area contributed by atoms with Gasteiger partial charge in [0.1, 0.15) is 5.75 Å². The number of carbonyl (C=O) groups excluding carboxylic acids is 2. The first-order valence-corrected chi connectivity index (χ1v) is 7.05. The van der Waals surface area contributed by atoms with Crippen molar-refractivity contribution in [3.8, 4) is 5.75 Å². The summed E-state index contributed by atoms with van der Waals surface area (Å²) in [5.41, 5.74) is 1.34. The Morgan fingerprint density at radius 2 is 2.35 bits per heavy atom. The summed E-state index contributed by atoms with van der Waals surface area (Å²) in [7, 11) is 0. The second-order valence-corrected chi connectivity index (χ2v) is 5.12. The quantitative estimate of drug-likeness (QED) is 0.846. The number of likely N-dealkylation sites (N-methyl/N-ethyl adjacent to an activating group) is 1. The molecule has 0 radical (unpaired) electrons. The smallest absolute Gasteiger partial charge is 0.265 e. The summed E-state index contributed by atoms with van der Waals surface area (Å²) in [4.78, 5) is 25.9. The molecule has 20 heavy (non-hydrogen) atoms. The van der Waals surface area contributed by atoms with E-state index in [-0.39, 0.29) is 24.3 Å². The third-order valence-electron chi connectivity index (χ3n) is 3.88. The number of anilines is 1. The lowest BCUT2D eigenvalue weighted by Crippen LogP contribution is -2.39. The summed E-state index contributed by atoms with van der Waals surface area (Å²) in [6.45, 7) is 3.46. The van der Waals surface area contributed by atoms with Crippen molar-refractivity contribution in [1.82, 2.24) is 5.32 Å². The first-order chi connectivity index (χ1) is 9.70. The van der Waals surface area contributed by atoms with Crippen molar-refractivity contribution in [2.45, 2.75) is 25.8 Å². The lowest BCUT2D eigenvalue weighted by atomic mass is 10.0. The van der Waals surface area contributed by atoms with E-state index < -0.39 is 0 Å². The fraction of sp³-hybridized carbons (Fsp3) is 0.467. The normalized spacial score (nSPS) is 21.6. The van der Waals surface area contributed by atoms with E-state index in [1.807, 2.05) is 6.92 Å². The Morgan fingerprint density at radius 1 is 1.50 bits per heavy atom. The average Bonchev–Trinajstić information content (AvgIpc) is 3.00. The Balaban J connectivity index is 1.93. The Labute approximate surface area is 117 Å². The highest BCUT2D eigenvalue weighted by atomic mass is 16.5. The molecular formula is C15H18N2O3. The number of rotatable bonds is 3. The van der Waals surface area contributed by atoms with Crippen LogP contribution in [0.4, 0.5) is 5.69 Å². The van der Waals surface area contributed by atoms with Crippen LogP contribution in [-0.2, 0) is 4.79 Å². The summed E-state index contributed by atoms with van der Waals surface area (Å²) in [6, 6.07) is 5.25. The second-order valence-electron chi connectivity index (χ2n) is 5.12. The first kappa shape index (κ1) is 13.1. The van der Waals surface area contributed by atoms with Gasteiger partial charge in [-0.15, -0.1) is 0 Å². The maximum atomic E-state index is 12.4. The molecule has 5 nitrogen and oxygen atoms in total. The fourth-order valence-electron chi connectivity index (χ4n) is 2.81. The molecule has 2 aliphatic heterocycles. The molecule has 1 atom stereocenters. The van der Waals surface area contributed by atoms with Gasteiger partial charge in [-0.25, -0.2) is 0 Å². The number of ether oxygens (including phenoxy) is 1. The Hall–Kier alpha value is -1.88. The van der Waals surface area contributed by atoms with E-state index in [1.54, 1.807) is 23.1 Å². The highest BCUT2D eigenvalue weighted by Gasteiger charge is 2.28. The lowest BCUT2D eigenvalue weighted by molar-refractivity contribution is -0.121. The SMILES string of the molecule is CCN1C(=O)COc2ccc(C(=O)C3CCCN3)cc21. The van der Waals surface area contributed by atoms with Crippen molar-refractivity contribution in [1.29, 1.82) is 0 Å². The molecule has 1 fully saturated rings. The molecule has 1 N–H and O–H groups in total. The van der Waals surface area contributed by atoms with E-state index in [4.69, 9.17) is 4.74 Å². The number of hydrogen-bond acceptors (Lipinski definition) is 4. The number of carbonyl (C=O) groups is 2. The number of nitrogens with one attached hydrogen (secondary N) is 1. The van der Waals surface area contributed by atoms with E-state index in [1.165, 1.54) is 0 Å². The van der Waals surface area contributed by atoms with E-state index in [2.05, 4.69) is 5.32 Å². The molecule has 0 bridgehead atoms. The number of Topliss-reactive ketones (excluding diaryl/α,β-unsaturated/α-hetero) is 1. The van der Waals surface area contributed by atoms with Gasteiger partial charge < -0.3 is 15.0 Å². The van der Waals surface area contributed by atoms with Crippen LogP contribution in [0.3, 0.4) is 0 Å². The van der Waals surface area contributed by atoms with Gasteiger partial charge >= 0.3 is 0 Å². The van der Waals surface area contributed by atoms with E-state index in [0.29, 0.717) is 23.5 Å². The van der Waals surface area contributed by atoms with Crippen molar-refractivity contribution >= 4 is 17.4 Å². The number of amides is 1. The van der Waals surface area contributed by atoms with Crippen molar-refractivity contribution in [3.63, 3.8) is 0 Å². The molecule has 0 aromatic heterocycles. The first-order valence-electron chi connectivity index (χ1n) is 7.05. The monoisotopic (exact) mass is 274 g/mol. The Bertz CT molecular complexity index is 550.